The quantitative estimate of drug-likeness (QED) is 0.496. The predicted octanol–water partition coefficient (Wildman–Crippen LogP) is 4.33. The molecule has 3 heteroatoms. The molecular formula is C19H17N3. The molecule has 3 aromatic rings. The fourth-order valence-electron chi connectivity index (χ4n) is 2.58. The van der Waals surface area contributed by atoms with Gasteiger partial charge in [0.15, 0.2) is 5.96 Å². The van der Waals surface area contributed by atoms with Crippen molar-refractivity contribution in [1.82, 2.24) is 0 Å². The van der Waals surface area contributed by atoms with Gasteiger partial charge in [-0.2, -0.15) is 0 Å². The number of hydrogen-bond donors (Lipinski definition) is 3. The molecule has 0 unspecified atom stereocenters. The first-order chi connectivity index (χ1) is 10.8. The third kappa shape index (κ3) is 2.83. The zero-order valence-corrected chi connectivity index (χ0v) is 12.1. The SMILES string of the molecule is N=C(N)Nc1cccc(-c2ccccc2)c1-c1ccccc1. The predicted molar refractivity (Wildman–Crippen MR) is 92.9 cm³/mol. The standard InChI is InChI=1S/C19H17N3/c20-19(21)22-17-13-7-12-16(14-8-3-1-4-9-14)18(17)15-10-5-2-6-11-15/h1-13H,(H4,20,21,22). The lowest BCUT2D eigenvalue weighted by atomic mass is 9.93. The Bertz CT molecular complexity index is 780. The van der Waals surface area contributed by atoms with Crippen molar-refractivity contribution < 1.29 is 0 Å². The highest BCUT2D eigenvalue weighted by atomic mass is 15.0. The van der Waals surface area contributed by atoms with Gasteiger partial charge >= 0.3 is 0 Å². The van der Waals surface area contributed by atoms with E-state index in [1.54, 1.807) is 0 Å². The van der Waals surface area contributed by atoms with Gasteiger partial charge in [0.25, 0.3) is 0 Å². The molecular weight excluding hydrogens is 270 g/mol. The Morgan fingerprint density at radius 1 is 0.727 bits per heavy atom. The van der Waals surface area contributed by atoms with Crippen molar-refractivity contribution in [3.63, 3.8) is 0 Å². The first kappa shape index (κ1) is 13.9. The van der Waals surface area contributed by atoms with Gasteiger partial charge in [-0.15, -0.1) is 0 Å². The molecule has 0 saturated carbocycles. The minimum atomic E-state index is -0.0672. The maximum Gasteiger partial charge on any atom is 0.190 e. The molecule has 0 aromatic heterocycles. The van der Waals surface area contributed by atoms with Gasteiger partial charge in [0.05, 0.1) is 0 Å². The van der Waals surface area contributed by atoms with Crippen molar-refractivity contribution >= 4 is 11.6 Å². The molecule has 0 radical (unpaired) electrons. The zero-order valence-electron chi connectivity index (χ0n) is 12.1. The Balaban J connectivity index is 2.24. The fraction of sp³-hybridized carbons (Fsp3) is 0. The molecule has 0 spiro atoms. The van der Waals surface area contributed by atoms with Crippen LogP contribution < -0.4 is 11.1 Å². The Labute approximate surface area is 129 Å². The zero-order chi connectivity index (χ0) is 15.4. The molecule has 4 N–H and O–H groups in total. The minimum Gasteiger partial charge on any atom is -0.370 e. The Morgan fingerprint density at radius 3 is 1.91 bits per heavy atom. The summed E-state index contributed by atoms with van der Waals surface area (Å²) < 4.78 is 0. The van der Waals surface area contributed by atoms with Crippen LogP contribution in [0.15, 0.2) is 78.9 Å². The van der Waals surface area contributed by atoms with Gasteiger partial charge in [-0.05, 0) is 22.8 Å². The Morgan fingerprint density at radius 2 is 1.32 bits per heavy atom. The van der Waals surface area contributed by atoms with Crippen molar-refractivity contribution in [2.24, 2.45) is 5.73 Å². The molecule has 0 bridgehead atoms. The number of anilines is 1. The Hall–Kier alpha value is -3.07. The molecule has 0 aliphatic rings. The van der Waals surface area contributed by atoms with Gasteiger partial charge in [-0.1, -0.05) is 72.8 Å². The van der Waals surface area contributed by atoms with E-state index in [9.17, 15) is 0 Å². The number of rotatable bonds is 3. The van der Waals surface area contributed by atoms with Crippen LogP contribution in [-0.4, -0.2) is 5.96 Å². The van der Waals surface area contributed by atoms with Crippen molar-refractivity contribution in [1.29, 1.82) is 5.41 Å². The van der Waals surface area contributed by atoms with E-state index < -0.39 is 0 Å². The second-order valence-electron chi connectivity index (χ2n) is 5.00. The first-order valence-electron chi connectivity index (χ1n) is 7.10. The average molecular weight is 287 g/mol. The molecule has 0 aliphatic heterocycles. The van der Waals surface area contributed by atoms with E-state index in [-0.39, 0.29) is 5.96 Å². The Kier molecular flexibility index (Phi) is 3.88. The van der Waals surface area contributed by atoms with E-state index in [1.807, 2.05) is 48.5 Å². The molecule has 3 aromatic carbocycles. The smallest absolute Gasteiger partial charge is 0.190 e. The highest BCUT2D eigenvalue weighted by molar-refractivity contribution is 5.99. The van der Waals surface area contributed by atoms with Crippen LogP contribution in [-0.2, 0) is 0 Å². The molecule has 0 saturated heterocycles. The van der Waals surface area contributed by atoms with Crippen molar-refractivity contribution in [3.8, 4) is 22.3 Å². The highest BCUT2D eigenvalue weighted by Crippen LogP contribution is 2.37. The number of nitrogens with one attached hydrogen (secondary N) is 2. The highest BCUT2D eigenvalue weighted by Gasteiger charge is 2.12. The fourth-order valence-corrected chi connectivity index (χ4v) is 2.58. The van der Waals surface area contributed by atoms with Gasteiger partial charge in [-0.3, -0.25) is 5.41 Å². The van der Waals surface area contributed by atoms with Gasteiger partial charge in [-0.25, -0.2) is 0 Å². The molecule has 108 valence electrons. The number of hydrogen-bond acceptors (Lipinski definition) is 1. The van der Waals surface area contributed by atoms with E-state index in [0.717, 1.165) is 27.9 Å². The van der Waals surface area contributed by atoms with Crippen LogP contribution in [0.3, 0.4) is 0 Å². The van der Waals surface area contributed by atoms with E-state index in [1.165, 1.54) is 0 Å². The summed E-state index contributed by atoms with van der Waals surface area (Å²) in [5.41, 5.74) is 10.7. The second-order valence-corrected chi connectivity index (χ2v) is 5.00. The lowest BCUT2D eigenvalue weighted by Crippen LogP contribution is -2.20. The third-order valence-electron chi connectivity index (χ3n) is 3.48. The lowest BCUT2D eigenvalue weighted by Gasteiger charge is -2.16. The van der Waals surface area contributed by atoms with Crippen LogP contribution in [0.5, 0.6) is 0 Å². The van der Waals surface area contributed by atoms with Crippen molar-refractivity contribution in [2.75, 3.05) is 5.32 Å². The average Bonchev–Trinajstić information content (AvgIpc) is 2.56. The monoisotopic (exact) mass is 287 g/mol. The summed E-state index contributed by atoms with van der Waals surface area (Å²) in [5.74, 6) is -0.0672. The van der Waals surface area contributed by atoms with Crippen LogP contribution in [0.2, 0.25) is 0 Å². The summed E-state index contributed by atoms with van der Waals surface area (Å²) >= 11 is 0. The summed E-state index contributed by atoms with van der Waals surface area (Å²) in [6.45, 7) is 0. The summed E-state index contributed by atoms with van der Waals surface area (Å²) in [7, 11) is 0. The first-order valence-corrected chi connectivity index (χ1v) is 7.10. The van der Waals surface area contributed by atoms with E-state index >= 15 is 0 Å². The minimum absolute atomic E-state index is 0.0672. The second kappa shape index (κ2) is 6.14. The van der Waals surface area contributed by atoms with E-state index in [0.29, 0.717) is 0 Å². The topological polar surface area (TPSA) is 61.9 Å². The summed E-state index contributed by atoms with van der Waals surface area (Å²) in [6, 6.07) is 26.3. The van der Waals surface area contributed by atoms with Crippen LogP contribution in [0, 0.1) is 5.41 Å². The number of benzene rings is 3. The van der Waals surface area contributed by atoms with Crippen LogP contribution in [0.25, 0.3) is 22.3 Å². The van der Waals surface area contributed by atoms with Gasteiger partial charge in [0.1, 0.15) is 0 Å². The summed E-state index contributed by atoms with van der Waals surface area (Å²) in [4.78, 5) is 0. The molecule has 22 heavy (non-hydrogen) atoms. The van der Waals surface area contributed by atoms with Gasteiger partial charge in [0.2, 0.25) is 0 Å². The van der Waals surface area contributed by atoms with Crippen molar-refractivity contribution in [2.45, 2.75) is 0 Å². The van der Waals surface area contributed by atoms with E-state index in [2.05, 4.69) is 35.6 Å². The van der Waals surface area contributed by atoms with Gasteiger partial charge < -0.3 is 11.1 Å². The molecule has 3 rings (SSSR count). The molecule has 0 aliphatic carbocycles. The molecule has 0 atom stereocenters. The summed E-state index contributed by atoms with van der Waals surface area (Å²) in [6.07, 6.45) is 0. The lowest BCUT2D eigenvalue weighted by molar-refractivity contribution is 1.41. The van der Waals surface area contributed by atoms with Crippen LogP contribution in [0.1, 0.15) is 0 Å². The molecule has 0 fully saturated rings. The van der Waals surface area contributed by atoms with E-state index in [4.69, 9.17) is 11.1 Å². The number of nitrogens with two attached hydrogens (primary N) is 1. The normalized spacial score (nSPS) is 10.2. The van der Waals surface area contributed by atoms with Crippen molar-refractivity contribution in [3.05, 3.63) is 78.9 Å². The van der Waals surface area contributed by atoms with Crippen LogP contribution >= 0.6 is 0 Å². The van der Waals surface area contributed by atoms with Gasteiger partial charge in [0, 0.05) is 11.3 Å². The molecule has 0 amide bonds. The maximum absolute atomic E-state index is 7.53. The largest absolute Gasteiger partial charge is 0.370 e. The number of guanidine groups is 1. The summed E-state index contributed by atoms with van der Waals surface area (Å²) in [5, 5.41) is 10.5. The third-order valence-corrected chi connectivity index (χ3v) is 3.48. The molecule has 3 nitrogen and oxygen atoms in total. The van der Waals surface area contributed by atoms with Crippen LogP contribution in [0.4, 0.5) is 5.69 Å². The maximum atomic E-state index is 7.53. The molecule has 0 heterocycles.